The molecule has 0 fully saturated rings. The second-order valence-corrected chi connectivity index (χ2v) is 5.82. The number of halogens is 2. The van der Waals surface area contributed by atoms with E-state index in [4.69, 9.17) is 10.00 Å². The van der Waals surface area contributed by atoms with E-state index in [9.17, 15) is 4.79 Å². The van der Waals surface area contributed by atoms with Crippen LogP contribution < -0.4 is 4.74 Å². The maximum Gasteiger partial charge on any atom is 0.264 e. The highest BCUT2D eigenvalue weighted by molar-refractivity contribution is 9.11. The standard InChI is InChI=1S/C14H14Br2N2O2/c1-4-20-13-11(15)6-9(7-12(13)16)5-10(8-17)14(19)18(2)3/h5-7H,4H2,1-3H3/b10-5-. The van der Waals surface area contributed by atoms with Crippen molar-refractivity contribution in [3.05, 3.63) is 32.2 Å². The van der Waals surface area contributed by atoms with Gasteiger partial charge in [-0.25, -0.2) is 0 Å². The lowest BCUT2D eigenvalue weighted by Crippen LogP contribution is -2.22. The highest BCUT2D eigenvalue weighted by Gasteiger charge is 2.13. The first-order valence-corrected chi connectivity index (χ1v) is 7.44. The number of amides is 1. The van der Waals surface area contributed by atoms with E-state index in [1.54, 1.807) is 32.3 Å². The molecule has 0 saturated carbocycles. The average Bonchev–Trinajstić information content (AvgIpc) is 2.39. The van der Waals surface area contributed by atoms with Crippen molar-refractivity contribution in [2.24, 2.45) is 0 Å². The van der Waals surface area contributed by atoms with Crippen molar-refractivity contribution in [3.63, 3.8) is 0 Å². The number of ether oxygens (including phenoxy) is 1. The fourth-order valence-corrected chi connectivity index (χ4v) is 2.95. The molecule has 0 aliphatic heterocycles. The molecule has 1 rings (SSSR count). The number of carbonyl (C=O) groups excluding carboxylic acids is 1. The first kappa shape index (κ1) is 16.7. The fraction of sp³-hybridized carbons (Fsp3) is 0.286. The molecule has 0 bridgehead atoms. The lowest BCUT2D eigenvalue weighted by molar-refractivity contribution is -0.124. The summed E-state index contributed by atoms with van der Waals surface area (Å²) in [6.45, 7) is 2.45. The van der Waals surface area contributed by atoms with Crippen molar-refractivity contribution < 1.29 is 9.53 Å². The van der Waals surface area contributed by atoms with Gasteiger partial charge < -0.3 is 9.64 Å². The summed E-state index contributed by atoms with van der Waals surface area (Å²) in [4.78, 5) is 13.2. The van der Waals surface area contributed by atoms with Crippen molar-refractivity contribution in [2.45, 2.75) is 6.92 Å². The average molecular weight is 402 g/mol. The second-order valence-electron chi connectivity index (χ2n) is 4.12. The van der Waals surface area contributed by atoms with Gasteiger partial charge in [-0.1, -0.05) is 0 Å². The Balaban J connectivity index is 3.22. The van der Waals surface area contributed by atoms with E-state index in [1.807, 2.05) is 13.0 Å². The summed E-state index contributed by atoms with van der Waals surface area (Å²) < 4.78 is 7.00. The molecule has 6 heteroatoms. The first-order chi connectivity index (χ1) is 9.40. The minimum absolute atomic E-state index is 0.0814. The Bertz CT molecular complexity index is 566. The summed E-state index contributed by atoms with van der Waals surface area (Å²) in [7, 11) is 3.22. The van der Waals surface area contributed by atoms with Crippen LogP contribution in [0, 0.1) is 11.3 Å². The van der Waals surface area contributed by atoms with Crippen molar-refractivity contribution in [1.29, 1.82) is 5.26 Å². The number of benzene rings is 1. The Morgan fingerprint density at radius 2 is 1.95 bits per heavy atom. The first-order valence-electron chi connectivity index (χ1n) is 5.86. The van der Waals surface area contributed by atoms with Crippen molar-refractivity contribution >= 4 is 43.8 Å². The lowest BCUT2D eigenvalue weighted by atomic mass is 10.1. The van der Waals surface area contributed by atoms with Crippen LogP contribution in [0.5, 0.6) is 5.75 Å². The topological polar surface area (TPSA) is 53.3 Å². The minimum Gasteiger partial charge on any atom is -0.492 e. The van der Waals surface area contributed by atoms with Gasteiger partial charge in [0, 0.05) is 14.1 Å². The van der Waals surface area contributed by atoms with E-state index in [-0.39, 0.29) is 11.5 Å². The van der Waals surface area contributed by atoms with Gasteiger partial charge in [-0.2, -0.15) is 5.26 Å². The Hall–Kier alpha value is -1.32. The highest BCUT2D eigenvalue weighted by atomic mass is 79.9. The molecule has 0 saturated heterocycles. The van der Waals surface area contributed by atoms with Gasteiger partial charge in [-0.05, 0) is 62.6 Å². The Morgan fingerprint density at radius 1 is 1.40 bits per heavy atom. The highest BCUT2D eigenvalue weighted by Crippen LogP contribution is 2.35. The molecule has 1 aromatic carbocycles. The Labute approximate surface area is 135 Å². The third-order valence-electron chi connectivity index (χ3n) is 2.38. The van der Waals surface area contributed by atoms with Crippen LogP contribution >= 0.6 is 31.9 Å². The van der Waals surface area contributed by atoms with Gasteiger partial charge in [-0.3, -0.25) is 4.79 Å². The quantitative estimate of drug-likeness (QED) is 0.572. The summed E-state index contributed by atoms with van der Waals surface area (Å²) in [6.07, 6.45) is 1.55. The molecule has 1 amide bonds. The monoisotopic (exact) mass is 400 g/mol. The van der Waals surface area contributed by atoms with E-state index in [1.165, 1.54) is 4.90 Å². The van der Waals surface area contributed by atoms with Gasteiger partial charge in [0.2, 0.25) is 0 Å². The largest absolute Gasteiger partial charge is 0.492 e. The van der Waals surface area contributed by atoms with Crippen LogP contribution in [0.3, 0.4) is 0 Å². The smallest absolute Gasteiger partial charge is 0.264 e. The molecule has 1 aromatic rings. The van der Waals surface area contributed by atoms with E-state index >= 15 is 0 Å². The molecular formula is C14H14Br2N2O2. The van der Waals surface area contributed by atoms with E-state index in [2.05, 4.69) is 31.9 Å². The van der Waals surface area contributed by atoms with E-state index in [0.717, 1.165) is 14.5 Å². The van der Waals surface area contributed by atoms with Crippen LogP contribution in [0.2, 0.25) is 0 Å². The van der Waals surface area contributed by atoms with Crippen molar-refractivity contribution in [1.82, 2.24) is 4.90 Å². The molecule has 0 spiro atoms. The van der Waals surface area contributed by atoms with E-state index in [0.29, 0.717) is 12.4 Å². The molecule has 4 nitrogen and oxygen atoms in total. The SMILES string of the molecule is CCOc1c(Br)cc(/C=C(/C#N)C(=O)N(C)C)cc1Br. The van der Waals surface area contributed by atoms with Crippen LogP contribution in [0.4, 0.5) is 0 Å². The molecule has 0 radical (unpaired) electrons. The molecular weight excluding hydrogens is 388 g/mol. The third-order valence-corrected chi connectivity index (χ3v) is 3.56. The van der Waals surface area contributed by atoms with Crippen molar-refractivity contribution in [2.75, 3.05) is 20.7 Å². The molecule has 0 aliphatic rings. The molecule has 0 heterocycles. The number of hydrogen-bond acceptors (Lipinski definition) is 3. The van der Waals surface area contributed by atoms with Crippen LogP contribution in [0.1, 0.15) is 12.5 Å². The second kappa shape index (κ2) is 7.46. The maximum absolute atomic E-state index is 11.8. The zero-order valence-electron chi connectivity index (χ0n) is 11.4. The zero-order chi connectivity index (χ0) is 15.3. The lowest BCUT2D eigenvalue weighted by Gasteiger charge is -2.11. The summed E-state index contributed by atoms with van der Waals surface area (Å²) in [5.41, 5.74) is 0.817. The third kappa shape index (κ3) is 4.09. The molecule has 20 heavy (non-hydrogen) atoms. The maximum atomic E-state index is 11.8. The number of carbonyl (C=O) groups is 1. The number of likely N-dealkylation sites (N-methyl/N-ethyl adjacent to an activating group) is 1. The predicted molar refractivity (Wildman–Crippen MR) is 85.3 cm³/mol. The summed E-state index contributed by atoms with van der Waals surface area (Å²) in [5.74, 6) is 0.371. The number of hydrogen-bond donors (Lipinski definition) is 0. The van der Waals surface area contributed by atoms with Crippen LogP contribution in [-0.4, -0.2) is 31.5 Å². The summed E-state index contributed by atoms with van der Waals surface area (Å²) >= 11 is 6.83. The van der Waals surface area contributed by atoms with Crippen molar-refractivity contribution in [3.8, 4) is 11.8 Å². The predicted octanol–water partition coefficient (Wildman–Crippen LogP) is 3.61. The molecule has 0 aliphatic carbocycles. The number of nitrogens with zero attached hydrogens (tertiary/aromatic N) is 2. The molecule has 0 atom stereocenters. The molecule has 0 N–H and O–H groups in total. The molecule has 106 valence electrons. The normalized spacial score (nSPS) is 10.9. The van der Waals surface area contributed by atoms with Gasteiger partial charge in [-0.15, -0.1) is 0 Å². The van der Waals surface area contributed by atoms with Gasteiger partial charge in [0.05, 0.1) is 15.6 Å². The molecule has 0 aromatic heterocycles. The minimum atomic E-state index is -0.325. The summed E-state index contributed by atoms with van der Waals surface area (Å²) in [6, 6.07) is 5.52. The zero-order valence-corrected chi connectivity index (χ0v) is 14.6. The van der Waals surface area contributed by atoms with Crippen LogP contribution in [-0.2, 0) is 4.79 Å². The van der Waals surface area contributed by atoms with Crippen LogP contribution in [0.25, 0.3) is 6.08 Å². The summed E-state index contributed by atoms with van der Waals surface area (Å²) in [5, 5.41) is 9.07. The van der Waals surface area contributed by atoms with E-state index < -0.39 is 0 Å². The van der Waals surface area contributed by atoms with Gasteiger partial charge in [0.25, 0.3) is 5.91 Å². The van der Waals surface area contributed by atoms with Gasteiger partial charge in [0.1, 0.15) is 17.4 Å². The fourth-order valence-electron chi connectivity index (χ4n) is 1.49. The molecule has 0 unspecified atom stereocenters. The number of nitriles is 1. The van der Waals surface area contributed by atoms with Gasteiger partial charge in [0.15, 0.2) is 0 Å². The van der Waals surface area contributed by atoms with Crippen LogP contribution in [0.15, 0.2) is 26.7 Å². The van der Waals surface area contributed by atoms with Gasteiger partial charge >= 0.3 is 0 Å². The Morgan fingerprint density at radius 3 is 2.35 bits per heavy atom. The Kier molecular flexibility index (Phi) is 6.24. The number of rotatable bonds is 4.